The van der Waals surface area contributed by atoms with E-state index in [-0.39, 0.29) is 6.04 Å². The number of hydrogen-bond acceptors (Lipinski definition) is 9. The van der Waals surface area contributed by atoms with Gasteiger partial charge < -0.3 is 20.3 Å². The molecule has 0 spiro atoms. The van der Waals surface area contributed by atoms with E-state index >= 15 is 0 Å². The van der Waals surface area contributed by atoms with E-state index in [4.69, 9.17) is 9.72 Å². The summed E-state index contributed by atoms with van der Waals surface area (Å²) in [5.74, 6) is 2.64. The molecule has 0 amide bonds. The van der Waals surface area contributed by atoms with Crippen LogP contribution in [0.2, 0.25) is 0 Å². The van der Waals surface area contributed by atoms with Gasteiger partial charge in [0.1, 0.15) is 0 Å². The van der Waals surface area contributed by atoms with Gasteiger partial charge in [-0.1, -0.05) is 36.4 Å². The highest BCUT2D eigenvalue weighted by molar-refractivity contribution is 7.89. The smallest absolute Gasteiger partial charge is 0.241 e. The summed E-state index contributed by atoms with van der Waals surface area (Å²) in [5, 5.41) is 8.43. The van der Waals surface area contributed by atoms with Crippen LogP contribution in [0.5, 0.6) is 0 Å². The van der Waals surface area contributed by atoms with Crippen LogP contribution in [0.25, 0.3) is 10.8 Å². The molecule has 0 radical (unpaired) electrons. The van der Waals surface area contributed by atoms with E-state index in [1.54, 1.807) is 12.1 Å². The highest BCUT2D eigenvalue weighted by Crippen LogP contribution is 2.30. The van der Waals surface area contributed by atoms with Crippen LogP contribution in [0.3, 0.4) is 0 Å². The summed E-state index contributed by atoms with van der Waals surface area (Å²) >= 11 is 0. The average molecular weight is 554 g/mol. The molecule has 210 valence electrons. The summed E-state index contributed by atoms with van der Waals surface area (Å²) in [5.41, 5.74) is 0. The van der Waals surface area contributed by atoms with Crippen molar-refractivity contribution in [1.82, 2.24) is 19.7 Å². The highest BCUT2D eigenvalue weighted by Gasteiger charge is 2.25. The highest BCUT2D eigenvalue weighted by atomic mass is 32.2. The first-order valence-electron chi connectivity index (χ1n) is 13.9. The number of morpholine rings is 1. The number of ether oxygens (including phenoxy) is 1. The Kier molecular flexibility index (Phi) is 8.79. The molecule has 39 heavy (non-hydrogen) atoms. The van der Waals surface area contributed by atoms with Gasteiger partial charge in [-0.2, -0.15) is 15.0 Å². The number of nitrogens with zero attached hydrogens (tertiary/aromatic N) is 4. The zero-order valence-electron chi connectivity index (χ0n) is 22.8. The van der Waals surface area contributed by atoms with Crippen LogP contribution in [-0.4, -0.2) is 68.8 Å². The number of sulfonamides is 1. The minimum Gasteiger partial charge on any atom is -0.378 e. The molecule has 0 unspecified atom stereocenters. The quantitative estimate of drug-likeness (QED) is 0.343. The molecular weight excluding hydrogens is 514 g/mol. The van der Waals surface area contributed by atoms with E-state index in [0.717, 1.165) is 56.1 Å². The normalized spacial score (nSPS) is 20.3. The molecule has 0 bridgehead atoms. The van der Waals surface area contributed by atoms with Gasteiger partial charge in [0.2, 0.25) is 27.9 Å². The Balaban J connectivity index is 1.14. The lowest BCUT2D eigenvalue weighted by molar-refractivity contribution is 0.122. The summed E-state index contributed by atoms with van der Waals surface area (Å²) in [6.07, 6.45) is 4.04. The van der Waals surface area contributed by atoms with Crippen molar-refractivity contribution in [3.63, 3.8) is 0 Å². The van der Waals surface area contributed by atoms with Crippen LogP contribution < -0.4 is 20.3 Å². The monoisotopic (exact) mass is 553 g/mol. The first-order valence-corrected chi connectivity index (χ1v) is 15.4. The predicted octanol–water partition coefficient (Wildman–Crippen LogP) is 3.88. The molecule has 2 fully saturated rings. The minimum atomic E-state index is -3.57. The standard InChI is InChI=1S/C28H39N7O3S/c1-20(2)31-27-32-26(33-28(34-27)35-14-16-38-17-15-35)29-18-21-10-12-22(13-11-21)19-30-39(36,37)25-9-5-7-23-6-3-4-8-24(23)25/h3-9,20-22,30H,10-19H2,1-2H3,(H2,29,31,32,33,34). The number of anilines is 3. The zero-order chi connectivity index (χ0) is 27.2. The van der Waals surface area contributed by atoms with Crippen molar-refractivity contribution in [3.05, 3.63) is 42.5 Å². The van der Waals surface area contributed by atoms with Crippen molar-refractivity contribution in [2.45, 2.75) is 50.5 Å². The molecule has 3 N–H and O–H groups in total. The molecule has 10 nitrogen and oxygen atoms in total. The maximum Gasteiger partial charge on any atom is 0.241 e. The Morgan fingerprint density at radius 1 is 0.897 bits per heavy atom. The van der Waals surface area contributed by atoms with E-state index in [9.17, 15) is 8.42 Å². The Morgan fingerprint density at radius 3 is 2.31 bits per heavy atom. The van der Waals surface area contributed by atoms with Crippen molar-refractivity contribution < 1.29 is 13.2 Å². The minimum absolute atomic E-state index is 0.214. The molecule has 1 aliphatic carbocycles. The zero-order valence-corrected chi connectivity index (χ0v) is 23.6. The van der Waals surface area contributed by atoms with E-state index in [2.05, 4.69) is 44.1 Å². The molecular formula is C28H39N7O3S. The SMILES string of the molecule is CC(C)Nc1nc(NCC2CCC(CNS(=O)(=O)c3cccc4ccccc34)CC2)nc(N2CCOCC2)n1. The Morgan fingerprint density at radius 2 is 1.56 bits per heavy atom. The molecule has 1 saturated heterocycles. The second-order valence-electron chi connectivity index (χ2n) is 10.8. The summed E-state index contributed by atoms with van der Waals surface area (Å²) in [7, 11) is -3.57. The maximum atomic E-state index is 13.1. The molecule has 1 aliphatic heterocycles. The molecule has 3 aromatic rings. The first-order chi connectivity index (χ1) is 18.9. The van der Waals surface area contributed by atoms with Gasteiger partial charge in [-0.3, -0.25) is 0 Å². The topological polar surface area (TPSA) is 121 Å². The van der Waals surface area contributed by atoms with Crippen LogP contribution in [0.1, 0.15) is 39.5 Å². The fourth-order valence-corrected chi connectivity index (χ4v) is 6.63. The molecule has 11 heteroatoms. The number of rotatable bonds is 10. The number of benzene rings is 2. The molecule has 0 atom stereocenters. The van der Waals surface area contributed by atoms with Gasteiger partial charge in [-0.25, -0.2) is 13.1 Å². The molecule has 2 aromatic carbocycles. The van der Waals surface area contributed by atoms with E-state index in [1.807, 2.05) is 30.3 Å². The van der Waals surface area contributed by atoms with Crippen LogP contribution in [0.4, 0.5) is 17.8 Å². The van der Waals surface area contributed by atoms with Crippen LogP contribution in [0, 0.1) is 11.8 Å². The molecule has 2 heterocycles. The average Bonchev–Trinajstić information content (AvgIpc) is 2.95. The summed E-state index contributed by atoms with van der Waals surface area (Å²) in [4.78, 5) is 16.4. The van der Waals surface area contributed by atoms with Gasteiger partial charge in [0, 0.05) is 37.6 Å². The number of nitrogens with one attached hydrogen (secondary N) is 3. The third-order valence-corrected chi connectivity index (χ3v) is 8.93. The lowest BCUT2D eigenvalue weighted by Crippen LogP contribution is -2.37. The Labute approximate surface area is 231 Å². The van der Waals surface area contributed by atoms with Crippen LogP contribution in [-0.2, 0) is 14.8 Å². The molecule has 5 rings (SSSR count). The lowest BCUT2D eigenvalue weighted by atomic mass is 9.82. The van der Waals surface area contributed by atoms with Crippen molar-refractivity contribution in [2.75, 3.05) is 54.9 Å². The van der Waals surface area contributed by atoms with Crippen molar-refractivity contribution >= 4 is 38.6 Å². The van der Waals surface area contributed by atoms with E-state index in [0.29, 0.717) is 54.3 Å². The Bertz CT molecular complexity index is 1350. The van der Waals surface area contributed by atoms with Crippen LogP contribution >= 0.6 is 0 Å². The van der Waals surface area contributed by atoms with E-state index < -0.39 is 10.0 Å². The van der Waals surface area contributed by atoms with Crippen molar-refractivity contribution in [2.24, 2.45) is 11.8 Å². The second kappa shape index (κ2) is 12.4. The summed E-state index contributed by atoms with van der Waals surface area (Å²) in [6, 6.07) is 13.2. The van der Waals surface area contributed by atoms with Gasteiger partial charge in [-0.15, -0.1) is 0 Å². The van der Waals surface area contributed by atoms with Crippen molar-refractivity contribution in [3.8, 4) is 0 Å². The third kappa shape index (κ3) is 7.14. The van der Waals surface area contributed by atoms with Gasteiger partial charge >= 0.3 is 0 Å². The summed E-state index contributed by atoms with van der Waals surface area (Å²) in [6.45, 7) is 8.23. The predicted molar refractivity (Wildman–Crippen MR) is 155 cm³/mol. The molecule has 1 aromatic heterocycles. The first kappa shape index (κ1) is 27.5. The van der Waals surface area contributed by atoms with Crippen LogP contribution in [0.15, 0.2) is 47.4 Å². The molecule has 2 aliphatic rings. The fourth-order valence-electron chi connectivity index (χ4n) is 5.28. The van der Waals surface area contributed by atoms with E-state index in [1.165, 1.54) is 0 Å². The number of hydrogen-bond donors (Lipinski definition) is 3. The second-order valence-corrected chi connectivity index (χ2v) is 12.5. The maximum absolute atomic E-state index is 13.1. The number of aromatic nitrogens is 3. The largest absolute Gasteiger partial charge is 0.378 e. The van der Waals surface area contributed by atoms with Crippen molar-refractivity contribution in [1.29, 1.82) is 0 Å². The Hall–Kier alpha value is -3.02. The van der Waals surface area contributed by atoms with Gasteiger partial charge in [0.05, 0.1) is 18.1 Å². The third-order valence-electron chi connectivity index (χ3n) is 7.45. The summed E-state index contributed by atoms with van der Waals surface area (Å²) < 4.78 is 34.5. The fraction of sp³-hybridized carbons (Fsp3) is 0.536. The van der Waals surface area contributed by atoms with Gasteiger partial charge in [0.25, 0.3) is 0 Å². The lowest BCUT2D eigenvalue weighted by Gasteiger charge is -2.29. The molecule has 1 saturated carbocycles. The number of fused-ring (bicyclic) bond motifs is 1. The van der Waals surface area contributed by atoms with Gasteiger partial charge in [0.15, 0.2) is 0 Å². The van der Waals surface area contributed by atoms with Gasteiger partial charge in [-0.05, 0) is 62.8 Å².